The first-order valence-electron chi connectivity index (χ1n) is 8.13. The SMILES string of the molecule is CC[C@@](O)(C(=O)O[C@H]1CCN2CC=C(CO)[C@H]12)c1ccccc1. The maximum Gasteiger partial charge on any atom is 0.343 e. The molecule has 3 rings (SSSR count). The second-order valence-electron chi connectivity index (χ2n) is 6.19. The number of hydrogen-bond donors (Lipinski definition) is 2. The molecule has 0 aromatic heterocycles. The van der Waals surface area contributed by atoms with Crippen LogP contribution in [0.25, 0.3) is 0 Å². The van der Waals surface area contributed by atoms with Crippen LogP contribution in [0.15, 0.2) is 42.0 Å². The van der Waals surface area contributed by atoms with Gasteiger partial charge in [0, 0.05) is 13.1 Å². The van der Waals surface area contributed by atoms with Crippen molar-refractivity contribution in [1.82, 2.24) is 4.90 Å². The summed E-state index contributed by atoms with van der Waals surface area (Å²) in [5, 5.41) is 20.3. The molecule has 0 spiro atoms. The number of fused-ring (bicyclic) bond motifs is 1. The predicted octanol–water partition coefficient (Wildman–Crippen LogP) is 1.20. The number of carbonyl (C=O) groups is 1. The molecule has 2 N–H and O–H groups in total. The zero-order chi connectivity index (χ0) is 16.4. The fourth-order valence-electron chi connectivity index (χ4n) is 3.56. The van der Waals surface area contributed by atoms with Gasteiger partial charge in [-0.2, -0.15) is 0 Å². The van der Waals surface area contributed by atoms with E-state index >= 15 is 0 Å². The summed E-state index contributed by atoms with van der Waals surface area (Å²) < 4.78 is 5.69. The average Bonchev–Trinajstić information content (AvgIpc) is 3.17. The summed E-state index contributed by atoms with van der Waals surface area (Å²) in [6.45, 7) is 3.36. The largest absolute Gasteiger partial charge is 0.458 e. The monoisotopic (exact) mass is 317 g/mol. The van der Waals surface area contributed by atoms with Crippen LogP contribution in [0.3, 0.4) is 0 Å². The Hall–Kier alpha value is -1.69. The van der Waals surface area contributed by atoms with E-state index in [-0.39, 0.29) is 25.2 Å². The van der Waals surface area contributed by atoms with Gasteiger partial charge >= 0.3 is 5.97 Å². The van der Waals surface area contributed by atoms with E-state index in [0.717, 1.165) is 25.1 Å². The third-order valence-electron chi connectivity index (χ3n) is 4.96. The molecule has 0 radical (unpaired) electrons. The van der Waals surface area contributed by atoms with Crippen molar-refractivity contribution in [3.05, 3.63) is 47.5 Å². The van der Waals surface area contributed by atoms with Crippen molar-refractivity contribution in [3.63, 3.8) is 0 Å². The molecule has 0 aliphatic carbocycles. The zero-order valence-electron chi connectivity index (χ0n) is 13.3. The maximum absolute atomic E-state index is 12.7. The summed E-state index contributed by atoms with van der Waals surface area (Å²) in [6, 6.07) is 8.85. The third-order valence-corrected chi connectivity index (χ3v) is 4.96. The number of aliphatic hydroxyl groups is 2. The molecule has 0 unspecified atom stereocenters. The van der Waals surface area contributed by atoms with Crippen molar-refractivity contribution in [2.24, 2.45) is 0 Å². The second kappa shape index (κ2) is 6.43. The first kappa shape index (κ1) is 16.2. The summed E-state index contributed by atoms with van der Waals surface area (Å²) in [5.41, 5.74) is -0.178. The Morgan fingerprint density at radius 3 is 2.78 bits per heavy atom. The summed E-state index contributed by atoms with van der Waals surface area (Å²) in [5.74, 6) is -0.609. The highest BCUT2D eigenvalue weighted by Crippen LogP contribution is 2.33. The minimum atomic E-state index is -1.63. The smallest absolute Gasteiger partial charge is 0.343 e. The van der Waals surface area contributed by atoms with Gasteiger partial charge in [-0.3, -0.25) is 4.90 Å². The lowest BCUT2D eigenvalue weighted by molar-refractivity contribution is -0.173. The molecule has 23 heavy (non-hydrogen) atoms. The van der Waals surface area contributed by atoms with Gasteiger partial charge in [0.15, 0.2) is 5.60 Å². The number of aliphatic hydroxyl groups excluding tert-OH is 1. The molecule has 0 amide bonds. The van der Waals surface area contributed by atoms with E-state index < -0.39 is 11.6 Å². The Kier molecular flexibility index (Phi) is 4.53. The van der Waals surface area contributed by atoms with E-state index in [4.69, 9.17) is 4.74 Å². The van der Waals surface area contributed by atoms with E-state index in [1.165, 1.54) is 0 Å². The molecule has 2 aliphatic heterocycles. The molecule has 1 aromatic rings. The van der Waals surface area contributed by atoms with Gasteiger partial charge in [-0.15, -0.1) is 0 Å². The molecule has 0 saturated carbocycles. The molecular formula is C18H23NO4. The van der Waals surface area contributed by atoms with E-state index in [0.29, 0.717) is 5.56 Å². The molecular weight excluding hydrogens is 294 g/mol. The van der Waals surface area contributed by atoms with Crippen LogP contribution in [0.1, 0.15) is 25.3 Å². The van der Waals surface area contributed by atoms with Crippen LogP contribution in [-0.4, -0.2) is 52.9 Å². The van der Waals surface area contributed by atoms with Crippen molar-refractivity contribution in [3.8, 4) is 0 Å². The van der Waals surface area contributed by atoms with Crippen LogP contribution in [0.5, 0.6) is 0 Å². The minimum absolute atomic E-state index is 0.0219. The Morgan fingerprint density at radius 2 is 2.13 bits per heavy atom. The molecule has 2 heterocycles. The average molecular weight is 317 g/mol. The summed E-state index contributed by atoms with van der Waals surface area (Å²) in [6.07, 6.45) is 2.65. The lowest BCUT2D eigenvalue weighted by Crippen LogP contribution is -2.42. The number of carbonyl (C=O) groups excluding carboxylic acids is 1. The zero-order valence-corrected chi connectivity index (χ0v) is 13.3. The quantitative estimate of drug-likeness (QED) is 0.631. The lowest BCUT2D eigenvalue weighted by Gasteiger charge is -2.29. The normalized spacial score (nSPS) is 26.5. The first-order chi connectivity index (χ1) is 11.1. The molecule has 5 nitrogen and oxygen atoms in total. The van der Waals surface area contributed by atoms with Gasteiger partial charge in [-0.05, 0) is 24.0 Å². The molecule has 1 aromatic carbocycles. The highest BCUT2D eigenvalue weighted by atomic mass is 16.6. The van der Waals surface area contributed by atoms with Crippen LogP contribution in [0.4, 0.5) is 0 Å². The predicted molar refractivity (Wildman–Crippen MR) is 85.7 cm³/mol. The van der Waals surface area contributed by atoms with Gasteiger partial charge in [0.05, 0.1) is 12.6 Å². The molecule has 1 saturated heterocycles. The topological polar surface area (TPSA) is 70.0 Å². The molecule has 5 heteroatoms. The number of benzene rings is 1. The second-order valence-corrected chi connectivity index (χ2v) is 6.19. The van der Waals surface area contributed by atoms with Gasteiger partial charge in [-0.25, -0.2) is 4.79 Å². The fraction of sp³-hybridized carbons (Fsp3) is 0.500. The van der Waals surface area contributed by atoms with Crippen LogP contribution in [-0.2, 0) is 15.1 Å². The van der Waals surface area contributed by atoms with Crippen LogP contribution in [0, 0.1) is 0 Å². The Bertz CT molecular complexity index is 600. The summed E-state index contributed by atoms with van der Waals surface area (Å²) in [4.78, 5) is 14.9. The van der Waals surface area contributed by atoms with Crippen molar-refractivity contribution in [1.29, 1.82) is 0 Å². The van der Waals surface area contributed by atoms with Gasteiger partial charge in [-0.1, -0.05) is 43.3 Å². The van der Waals surface area contributed by atoms with Crippen LogP contribution >= 0.6 is 0 Å². The van der Waals surface area contributed by atoms with Gasteiger partial charge < -0.3 is 14.9 Å². The van der Waals surface area contributed by atoms with Crippen LogP contribution < -0.4 is 0 Å². The van der Waals surface area contributed by atoms with Crippen molar-refractivity contribution in [2.75, 3.05) is 19.7 Å². The molecule has 0 bridgehead atoms. The number of esters is 1. The Morgan fingerprint density at radius 1 is 1.39 bits per heavy atom. The number of rotatable bonds is 5. The van der Waals surface area contributed by atoms with E-state index in [2.05, 4.69) is 4.90 Å². The van der Waals surface area contributed by atoms with Crippen LogP contribution in [0.2, 0.25) is 0 Å². The number of ether oxygens (including phenoxy) is 1. The van der Waals surface area contributed by atoms with E-state index in [1.54, 1.807) is 31.2 Å². The number of hydrogen-bond acceptors (Lipinski definition) is 5. The van der Waals surface area contributed by atoms with E-state index in [9.17, 15) is 15.0 Å². The van der Waals surface area contributed by atoms with Gasteiger partial charge in [0.25, 0.3) is 0 Å². The standard InChI is InChI=1S/C18H23NO4/c1-2-18(22,14-6-4-3-5-7-14)17(21)23-15-9-11-19-10-8-13(12-20)16(15)19/h3-8,15-16,20,22H,2,9-12H2,1H3/t15-,16+,18-/m0/s1. The molecule has 1 fully saturated rings. The highest BCUT2D eigenvalue weighted by molar-refractivity contribution is 5.81. The third kappa shape index (κ3) is 2.80. The summed E-state index contributed by atoms with van der Waals surface area (Å²) >= 11 is 0. The Labute approximate surface area is 136 Å². The maximum atomic E-state index is 12.7. The lowest BCUT2D eigenvalue weighted by atomic mass is 9.91. The molecule has 124 valence electrons. The summed E-state index contributed by atoms with van der Waals surface area (Å²) in [7, 11) is 0. The minimum Gasteiger partial charge on any atom is -0.458 e. The fourth-order valence-corrected chi connectivity index (χ4v) is 3.56. The van der Waals surface area contributed by atoms with Crippen molar-refractivity contribution in [2.45, 2.75) is 37.5 Å². The van der Waals surface area contributed by atoms with Gasteiger partial charge in [0.2, 0.25) is 0 Å². The first-order valence-corrected chi connectivity index (χ1v) is 8.13. The number of nitrogens with zero attached hydrogens (tertiary/aromatic N) is 1. The van der Waals surface area contributed by atoms with Crippen molar-refractivity contribution >= 4 is 5.97 Å². The van der Waals surface area contributed by atoms with E-state index in [1.807, 2.05) is 12.1 Å². The highest BCUT2D eigenvalue weighted by Gasteiger charge is 2.45. The Balaban J connectivity index is 1.77. The molecule has 2 aliphatic rings. The van der Waals surface area contributed by atoms with Gasteiger partial charge in [0.1, 0.15) is 6.10 Å². The van der Waals surface area contributed by atoms with Crippen molar-refractivity contribution < 1.29 is 19.7 Å². The molecule has 3 atom stereocenters.